The number of pyridine rings is 1. The van der Waals surface area contributed by atoms with Crippen LogP contribution < -0.4 is 4.74 Å². The van der Waals surface area contributed by atoms with E-state index in [1.165, 1.54) is 11.8 Å². The number of hydrogen-bond donors (Lipinski definition) is 0. The first kappa shape index (κ1) is 20.4. The van der Waals surface area contributed by atoms with Crippen molar-refractivity contribution in [1.29, 1.82) is 0 Å². The smallest absolute Gasteiger partial charge is 0.341 e. The molecule has 2 aromatic heterocycles. The van der Waals surface area contributed by atoms with Gasteiger partial charge in [-0.05, 0) is 44.2 Å². The van der Waals surface area contributed by atoms with Crippen molar-refractivity contribution in [3.05, 3.63) is 69.1 Å². The lowest BCUT2D eigenvalue weighted by atomic mass is 10.2. The first-order chi connectivity index (χ1) is 13.5. The van der Waals surface area contributed by atoms with Gasteiger partial charge in [0.1, 0.15) is 23.1 Å². The number of carbonyl (C=O) groups is 1. The van der Waals surface area contributed by atoms with Gasteiger partial charge in [-0.2, -0.15) is 0 Å². The molecular formula is C20H19BrN2O4S. The van der Waals surface area contributed by atoms with Crippen LogP contribution in [0.5, 0.6) is 5.75 Å². The number of methoxy groups -OCH3 is 1. The van der Waals surface area contributed by atoms with Gasteiger partial charge in [-0.25, -0.2) is 9.78 Å². The maximum Gasteiger partial charge on any atom is 0.341 e. The zero-order valence-corrected chi connectivity index (χ0v) is 18.1. The number of aromatic nitrogens is 2. The standard InChI is InChI=1S/C20H19BrN2O4S/c1-12-17(13(2)27-23-12)11-28-19-16(5-4-8-22-19)20(24)26-10-14-9-15(21)6-7-18(14)25-3/h4-9H,10-11H2,1-3H3. The Kier molecular flexibility index (Phi) is 6.74. The number of aryl methyl sites for hydroxylation is 2. The fourth-order valence-corrected chi connectivity index (χ4v) is 4.13. The van der Waals surface area contributed by atoms with E-state index >= 15 is 0 Å². The number of halogens is 1. The van der Waals surface area contributed by atoms with Gasteiger partial charge in [0.15, 0.2) is 0 Å². The summed E-state index contributed by atoms with van der Waals surface area (Å²) in [6.07, 6.45) is 1.66. The number of ether oxygens (including phenoxy) is 2. The molecule has 2 heterocycles. The van der Waals surface area contributed by atoms with Gasteiger partial charge in [0, 0.05) is 27.5 Å². The van der Waals surface area contributed by atoms with Crippen LogP contribution in [0.4, 0.5) is 0 Å². The number of nitrogens with zero attached hydrogens (tertiary/aromatic N) is 2. The normalized spacial score (nSPS) is 10.7. The third-order valence-corrected chi connectivity index (χ3v) is 5.65. The maximum atomic E-state index is 12.7. The van der Waals surface area contributed by atoms with Gasteiger partial charge < -0.3 is 14.0 Å². The van der Waals surface area contributed by atoms with Crippen LogP contribution in [0.1, 0.15) is 32.9 Å². The van der Waals surface area contributed by atoms with Crippen LogP contribution in [0, 0.1) is 13.8 Å². The Bertz CT molecular complexity index is 971. The topological polar surface area (TPSA) is 74.5 Å². The molecule has 0 aliphatic rings. The predicted molar refractivity (Wildman–Crippen MR) is 110 cm³/mol. The molecule has 28 heavy (non-hydrogen) atoms. The molecule has 3 rings (SSSR count). The van der Waals surface area contributed by atoms with Crippen molar-refractivity contribution in [3.63, 3.8) is 0 Å². The first-order valence-electron chi connectivity index (χ1n) is 8.48. The van der Waals surface area contributed by atoms with Crippen molar-refractivity contribution < 1.29 is 18.8 Å². The Morgan fingerprint density at radius 1 is 1.29 bits per heavy atom. The SMILES string of the molecule is COc1ccc(Br)cc1COC(=O)c1cccnc1SCc1c(C)noc1C. The van der Waals surface area contributed by atoms with E-state index in [1.807, 2.05) is 32.0 Å². The molecule has 0 radical (unpaired) electrons. The van der Waals surface area contributed by atoms with E-state index in [9.17, 15) is 4.79 Å². The van der Waals surface area contributed by atoms with Crippen LogP contribution in [-0.4, -0.2) is 23.2 Å². The molecule has 1 aromatic carbocycles. The highest BCUT2D eigenvalue weighted by atomic mass is 79.9. The van der Waals surface area contributed by atoms with E-state index in [2.05, 4.69) is 26.1 Å². The molecule has 0 bridgehead atoms. The fourth-order valence-electron chi connectivity index (χ4n) is 2.59. The number of esters is 1. The van der Waals surface area contributed by atoms with Crippen molar-refractivity contribution in [1.82, 2.24) is 10.1 Å². The molecule has 3 aromatic rings. The quantitative estimate of drug-likeness (QED) is 0.356. The molecule has 0 saturated heterocycles. The molecular weight excluding hydrogens is 444 g/mol. The number of hydrogen-bond acceptors (Lipinski definition) is 7. The van der Waals surface area contributed by atoms with Crippen molar-refractivity contribution in [2.45, 2.75) is 31.2 Å². The van der Waals surface area contributed by atoms with Gasteiger partial charge in [-0.15, -0.1) is 11.8 Å². The lowest BCUT2D eigenvalue weighted by Crippen LogP contribution is -2.08. The Labute approximate surface area is 175 Å². The maximum absolute atomic E-state index is 12.7. The molecule has 0 fully saturated rings. The second-order valence-corrected chi connectivity index (χ2v) is 7.86. The lowest BCUT2D eigenvalue weighted by Gasteiger charge is -2.11. The van der Waals surface area contributed by atoms with Crippen LogP contribution in [-0.2, 0) is 17.1 Å². The zero-order valence-electron chi connectivity index (χ0n) is 15.7. The summed E-state index contributed by atoms with van der Waals surface area (Å²) in [5.41, 5.74) is 3.05. The summed E-state index contributed by atoms with van der Waals surface area (Å²) in [4.78, 5) is 17.0. The Balaban J connectivity index is 1.72. The van der Waals surface area contributed by atoms with Crippen molar-refractivity contribution in [2.24, 2.45) is 0 Å². The van der Waals surface area contributed by atoms with Crippen molar-refractivity contribution >= 4 is 33.7 Å². The van der Waals surface area contributed by atoms with Crippen LogP contribution in [0.25, 0.3) is 0 Å². The molecule has 0 saturated carbocycles. The van der Waals surface area contributed by atoms with Gasteiger partial charge in [-0.3, -0.25) is 0 Å². The predicted octanol–water partition coefficient (Wildman–Crippen LogP) is 5.11. The first-order valence-corrected chi connectivity index (χ1v) is 10.3. The largest absolute Gasteiger partial charge is 0.496 e. The highest BCUT2D eigenvalue weighted by Crippen LogP contribution is 2.28. The Morgan fingerprint density at radius 3 is 2.82 bits per heavy atom. The van der Waals surface area contributed by atoms with E-state index < -0.39 is 5.97 Å². The summed E-state index contributed by atoms with van der Waals surface area (Å²) in [6, 6.07) is 8.98. The van der Waals surface area contributed by atoms with E-state index in [0.717, 1.165) is 27.1 Å². The van der Waals surface area contributed by atoms with E-state index in [0.29, 0.717) is 22.1 Å². The third-order valence-electron chi connectivity index (χ3n) is 4.13. The summed E-state index contributed by atoms with van der Waals surface area (Å²) >= 11 is 4.87. The van der Waals surface area contributed by atoms with E-state index in [4.69, 9.17) is 14.0 Å². The average molecular weight is 463 g/mol. The van der Waals surface area contributed by atoms with Crippen LogP contribution >= 0.6 is 27.7 Å². The fraction of sp³-hybridized carbons (Fsp3) is 0.250. The Morgan fingerprint density at radius 2 is 2.11 bits per heavy atom. The molecule has 8 heteroatoms. The molecule has 0 N–H and O–H groups in total. The number of rotatable bonds is 7. The Hall–Kier alpha value is -2.32. The lowest BCUT2D eigenvalue weighted by molar-refractivity contribution is 0.0465. The molecule has 0 aliphatic heterocycles. The molecule has 6 nitrogen and oxygen atoms in total. The van der Waals surface area contributed by atoms with Gasteiger partial charge in [-0.1, -0.05) is 21.1 Å². The number of carbonyl (C=O) groups excluding carboxylic acids is 1. The highest BCUT2D eigenvalue weighted by Gasteiger charge is 2.17. The van der Waals surface area contributed by atoms with Gasteiger partial charge >= 0.3 is 5.97 Å². The zero-order chi connectivity index (χ0) is 20.1. The van der Waals surface area contributed by atoms with Crippen molar-refractivity contribution in [2.75, 3.05) is 7.11 Å². The summed E-state index contributed by atoms with van der Waals surface area (Å²) < 4.78 is 16.9. The molecule has 0 amide bonds. The number of benzene rings is 1. The third kappa shape index (κ3) is 4.74. The molecule has 0 aliphatic carbocycles. The van der Waals surface area contributed by atoms with Crippen LogP contribution in [0.3, 0.4) is 0 Å². The highest BCUT2D eigenvalue weighted by molar-refractivity contribution is 9.10. The van der Waals surface area contributed by atoms with E-state index in [-0.39, 0.29) is 6.61 Å². The van der Waals surface area contributed by atoms with Crippen molar-refractivity contribution in [3.8, 4) is 5.75 Å². The molecule has 146 valence electrons. The van der Waals surface area contributed by atoms with E-state index in [1.54, 1.807) is 25.4 Å². The minimum atomic E-state index is -0.434. The summed E-state index contributed by atoms with van der Waals surface area (Å²) in [5, 5.41) is 4.56. The summed E-state index contributed by atoms with van der Waals surface area (Å²) in [5.74, 6) is 1.61. The van der Waals surface area contributed by atoms with Gasteiger partial charge in [0.25, 0.3) is 0 Å². The van der Waals surface area contributed by atoms with Crippen LogP contribution in [0.2, 0.25) is 0 Å². The van der Waals surface area contributed by atoms with Gasteiger partial charge in [0.2, 0.25) is 0 Å². The number of thioether (sulfide) groups is 1. The summed E-state index contributed by atoms with van der Waals surface area (Å²) in [6.45, 7) is 3.87. The second kappa shape index (κ2) is 9.25. The molecule has 0 unspecified atom stereocenters. The van der Waals surface area contributed by atoms with Crippen LogP contribution in [0.15, 0.2) is 50.6 Å². The molecule has 0 atom stereocenters. The monoisotopic (exact) mass is 462 g/mol. The summed E-state index contributed by atoms with van der Waals surface area (Å²) in [7, 11) is 1.58. The average Bonchev–Trinajstić information content (AvgIpc) is 3.02. The second-order valence-electron chi connectivity index (χ2n) is 5.98. The molecule has 0 spiro atoms. The minimum absolute atomic E-state index is 0.102. The van der Waals surface area contributed by atoms with Gasteiger partial charge in [0.05, 0.1) is 18.4 Å². The minimum Gasteiger partial charge on any atom is -0.496 e.